The summed E-state index contributed by atoms with van der Waals surface area (Å²) < 4.78 is 0. The number of carboxylic acid groups (broad SMARTS) is 1. The molecule has 1 rings (SSSR count). The SMILES string of the molecule is CC(C)[C@H](N)C(=O)N1CSCC1C(=O)O. The van der Waals surface area contributed by atoms with Crippen molar-refractivity contribution in [3.8, 4) is 0 Å². The summed E-state index contributed by atoms with van der Waals surface area (Å²) in [6.07, 6.45) is 0. The lowest BCUT2D eigenvalue weighted by Gasteiger charge is -2.25. The predicted octanol–water partition coefficient (Wildman–Crippen LogP) is -0.0442. The Balaban J connectivity index is 2.70. The Morgan fingerprint density at radius 3 is 2.60 bits per heavy atom. The average Bonchev–Trinajstić information content (AvgIpc) is 2.63. The molecular formula is C9H16N2O3S. The van der Waals surface area contributed by atoms with Crippen molar-refractivity contribution in [2.45, 2.75) is 25.9 Å². The van der Waals surface area contributed by atoms with Crippen LogP contribution >= 0.6 is 11.8 Å². The zero-order valence-corrected chi connectivity index (χ0v) is 9.66. The summed E-state index contributed by atoms with van der Waals surface area (Å²) in [6.45, 7) is 3.70. The van der Waals surface area contributed by atoms with Crippen molar-refractivity contribution in [2.24, 2.45) is 11.7 Å². The van der Waals surface area contributed by atoms with E-state index in [4.69, 9.17) is 10.8 Å². The van der Waals surface area contributed by atoms with E-state index >= 15 is 0 Å². The van der Waals surface area contributed by atoms with Gasteiger partial charge in [-0.2, -0.15) is 0 Å². The first kappa shape index (κ1) is 12.3. The molecule has 1 saturated heterocycles. The molecule has 0 aliphatic carbocycles. The van der Waals surface area contributed by atoms with Crippen molar-refractivity contribution in [1.29, 1.82) is 0 Å². The average molecular weight is 232 g/mol. The molecule has 2 atom stereocenters. The zero-order valence-electron chi connectivity index (χ0n) is 8.84. The lowest BCUT2D eigenvalue weighted by atomic mass is 10.0. The minimum absolute atomic E-state index is 0.0255. The van der Waals surface area contributed by atoms with Gasteiger partial charge in [-0.15, -0.1) is 11.8 Å². The maximum Gasteiger partial charge on any atom is 0.327 e. The molecule has 0 saturated carbocycles. The summed E-state index contributed by atoms with van der Waals surface area (Å²) in [6, 6.07) is -1.32. The van der Waals surface area contributed by atoms with Crippen LogP contribution in [0.2, 0.25) is 0 Å². The summed E-state index contributed by atoms with van der Waals surface area (Å²) in [5.74, 6) is -0.313. The summed E-state index contributed by atoms with van der Waals surface area (Å²) in [4.78, 5) is 24.0. The number of carbonyl (C=O) groups is 2. The number of rotatable bonds is 3. The number of carboxylic acids is 1. The van der Waals surface area contributed by atoms with Gasteiger partial charge in [0, 0.05) is 5.75 Å². The van der Waals surface area contributed by atoms with Crippen LogP contribution in [0.25, 0.3) is 0 Å². The number of nitrogens with two attached hydrogens (primary N) is 1. The maximum absolute atomic E-state index is 11.8. The number of thioether (sulfide) groups is 1. The van der Waals surface area contributed by atoms with Gasteiger partial charge < -0.3 is 15.7 Å². The lowest BCUT2D eigenvalue weighted by Crippen LogP contribution is -2.50. The van der Waals surface area contributed by atoms with Crippen LogP contribution in [-0.2, 0) is 9.59 Å². The molecule has 1 heterocycles. The Morgan fingerprint density at radius 1 is 1.53 bits per heavy atom. The van der Waals surface area contributed by atoms with Crippen molar-refractivity contribution < 1.29 is 14.7 Å². The minimum atomic E-state index is -0.954. The third-order valence-corrected chi connectivity index (χ3v) is 3.47. The van der Waals surface area contributed by atoms with Gasteiger partial charge in [0.05, 0.1) is 11.9 Å². The molecule has 5 nitrogen and oxygen atoms in total. The van der Waals surface area contributed by atoms with Crippen molar-refractivity contribution in [2.75, 3.05) is 11.6 Å². The van der Waals surface area contributed by atoms with Gasteiger partial charge in [-0.25, -0.2) is 4.79 Å². The predicted molar refractivity (Wildman–Crippen MR) is 58.4 cm³/mol. The van der Waals surface area contributed by atoms with Crippen LogP contribution in [-0.4, -0.2) is 45.6 Å². The molecule has 0 radical (unpaired) electrons. The number of nitrogens with zero attached hydrogens (tertiary/aromatic N) is 1. The molecular weight excluding hydrogens is 216 g/mol. The highest BCUT2D eigenvalue weighted by Gasteiger charge is 2.37. The molecule has 15 heavy (non-hydrogen) atoms. The molecule has 1 aliphatic rings. The van der Waals surface area contributed by atoms with E-state index in [1.807, 2.05) is 13.8 Å². The molecule has 1 fully saturated rings. The first-order valence-corrected chi connectivity index (χ1v) is 5.97. The Labute approximate surface area is 93.0 Å². The first-order valence-electron chi connectivity index (χ1n) is 4.81. The lowest BCUT2D eigenvalue weighted by molar-refractivity contribution is -0.148. The van der Waals surface area contributed by atoms with Crippen LogP contribution in [0, 0.1) is 5.92 Å². The molecule has 0 spiro atoms. The van der Waals surface area contributed by atoms with E-state index < -0.39 is 18.1 Å². The highest BCUT2D eigenvalue weighted by Crippen LogP contribution is 2.22. The second kappa shape index (κ2) is 4.85. The highest BCUT2D eigenvalue weighted by atomic mass is 32.2. The normalized spacial score (nSPS) is 23.2. The van der Waals surface area contributed by atoms with Crippen LogP contribution in [0.4, 0.5) is 0 Å². The number of hydrogen-bond donors (Lipinski definition) is 2. The van der Waals surface area contributed by atoms with Crippen molar-refractivity contribution in [1.82, 2.24) is 4.90 Å². The molecule has 0 aromatic heterocycles. The topological polar surface area (TPSA) is 83.6 Å². The zero-order chi connectivity index (χ0) is 11.6. The Bertz CT molecular complexity index is 270. The van der Waals surface area contributed by atoms with E-state index in [-0.39, 0.29) is 11.8 Å². The minimum Gasteiger partial charge on any atom is -0.480 e. The van der Waals surface area contributed by atoms with Gasteiger partial charge in [0.25, 0.3) is 0 Å². The van der Waals surface area contributed by atoms with E-state index in [9.17, 15) is 9.59 Å². The van der Waals surface area contributed by atoms with Gasteiger partial charge in [0.1, 0.15) is 6.04 Å². The summed E-state index contributed by atoms with van der Waals surface area (Å²) >= 11 is 1.44. The van der Waals surface area contributed by atoms with Crippen LogP contribution in [0.15, 0.2) is 0 Å². The van der Waals surface area contributed by atoms with Gasteiger partial charge in [-0.05, 0) is 5.92 Å². The van der Waals surface area contributed by atoms with Crippen LogP contribution in [0.5, 0.6) is 0 Å². The van der Waals surface area contributed by atoms with Crippen molar-refractivity contribution in [3.63, 3.8) is 0 Å². The third kappa shape index (κ3) is 2.63. The highest BCUT2D eigenvalue weighted by molar-refractivity contribution is 7.99. The summed E-state index contributed by atoms with van der Waals surface area (Å²) in [7, 11) is 0. The molecule has 1 unspecified atom stereocenters. The molecule has 1 amide bonds. The molecule has 3 N–H and O–H groups in total. The van der Waals surface area contributed by atoms with Crippen molar-refractivity contribution in [3.05, 3.63) is 0 Å². The second-order valence-electron chi connectivity index (χ2n) is 3.93. The van der Waals surface area contributed by atoms with E-state index in [1.165, 1.54) is 16.7 Å². The molecule has 1 aliphatic heterocycles. The molecule has 0 bridgehead atoms. The molecule has 86 valence electrons. The Hall–Kier alpha value is -0.750. The van der Waals surface area contributed by atoms with Gasteiger partial charge in [-0.1, -0.05) is 13.8 Å². The maximum atomic E-state index is 11.8. The number of carbonyl (C=O) groups excluding carboxylic acids is 1. The van der Waals surface area contributed by atoms with Crippen molar-refractivity contribution >= 4 is 23.6 Å². The van der Waals surface area contributed by atoms with E-state index in [1.54, 1.807) is 0 Å². The van der Waals surface area contributed by atoms with E-state index in [0.29, 0.717) is 11.6 Å². The van der Waals surface area contributed by atoms with Crippen LogP contribution < -0.4 is 5.73 Å². The molecule has 0 aromatic rings. The monoisotopic (exact) mass is 232 g/mol. The largest absolute Gasteiger partial charge is 0.480 e. The fourth-order valence-electron chi connectivity index (χ4n) is 1.34. The summed E-state index contributed by atoms with van der Waals surface area (Å²) in [5, 5.41) is 8.90. The van der Waals surface area contributed by atoms with Gasteiger partial charge in [0.15, 0.2) is 0 Å². The third-order valence-electron chi connectivity index (χ3n) is 2.45. The molecule has 0 aromatic carbocycles. The Kier molecular flexibility index (Phi) is 3.98. The molecule has 6 heteroatoms. The summed E-state index contributed by atoms with van der Waals surface area (Å²) in [5.41, 5.74) is 5.71. The van der Waals surface area contributed by atoms with Crippen LogP contribution in [0.3, 0.4) is 0 Å². The van der Waals surface area contributed by atoms with Gasteiger partial charge in [-0.3, -0.25) is 4.79 Å². The number of amides is 1. The van der Waals surface area contributed by atoms with Gasteiger partial charge >= 0.3 is 5.97 Å². The quantitative estimate of drug-likeness (QED) is 0.713. The first-order chi connectivity index (χ1) is 6.95. The fourth-order valence-corrected chi connectivity index (χ4v) is 2.50. The smallest absolute Gasteiger partial charge is 0.327 e. The number of aliphatic carboxylic acids is 1. The second-order valence-corrected chi connectivity index (χ2v) is 4.93. The fraction of sp³-hybridized carbons (Fsp3) is 0.778. The number of hydrogen-bond acceptors (Lipinski definition) is 4. The van der Waals surface area contributed by atoms with Crippen LogP contribution in [0.1, 0.15) is 13.8 Å². The van der Waals surface area contributed by atoms with E-state index in [2.05, 4.69) is 0 Å². The van der Waals surface area contributed by atoms with Gasteiger partial charge in [0.2, 0.25) is 5.91 Å². The Morgan fingerprint density at radius 2 is 2.13 bits per heavy atom. The van der Waals surface area contributed by atoms with E-state index in [0.717, 1.165) is 0 Å². The standard InChI is InChI=1S/C9H16N2O3S/c1-5(2)7(10)8(12)11-4-15-3-6(11)9(13)14/h5-7H,3-4,10H2,1-2H3,(H,13,14)/t6?,7-/m0/s1.